The van der Waals surface area contributed by atoms with E-state index in [4.69, 9.17) is 9.26 Å². The van der Waals surface area contributed by atoms with Crippen molar-refractivity contribution in [2.75, 3.05) is 62.3 Å². The van der Waals surface area contributed by atoms with Gasteiger partial charge in [-0.05, 0) is 12.1 Å². The molecule has 2 fully saturated rings. The first kappa shape index (κ1) is 20.2. The molecule has 2 aliphatic heterocycles. The maximum absolute atomic E-state index is 13.0. The number of piperazine rings is 1. The first-order chi connectivity index (χ1) is 15.1. The van der Waals surface area contributed by atoms with Gasteiger partial charge in [0.15, 0.2) is 11.4 Å². The van der Waals surface area contributed by atoms with E-state index in [1.165, 1.54) is 4.31 Å². The third-order valence-corrected chi connectivity index (χ3v) is 7.52. The minimum Gasteiger partial charge on any atom is -0.378 e. The van der Waals surface area contributed by atoms with Crippen molar-refractivity contribution in [3.63, 3.8) is 0 Å². The van der Waals surface area contributed by atoms with Crippen LogP contribution in [0, 0.1) is 0 Å². The molecule has 2 aliphatic rings. The van der Waals surface area contributed by atoms with Crippen molar-refractivity contribution >= 4 is 32.5 Å². The first-order valence-corrected chi connectivity index (χ1v) is 11.9. The highest BCUT2D eigenvalue weighted by Gasteiger charge is 2.29. The van der Waals surface area contributed by atoms with E-state index < -0.39 is 10.0 Å². The van der Waals surface area contributed by atoms with Gasteiger partial charge in [0.1, 0.15) is 11.4 Å². The van der Waals surface area contributed by atoms with Gasteiger partial charge in [-0.25, -0.2) is 8.42 Å². The van der Waals surface area contributed by atoms with Gasteiger partial charge in [0.2, 0.25) is 10.0 Å². The number of morpholine rings is 1. The topological polar surface area (TPSA) is 105 Å². The Balaban J connectivity index is 1.25. The van der Waals surface area contributed by atoms with Crippen LogP contribution in [0.2, 0.25) is 0 Å². The Morgan fingerprint density at radius 1 is 0.968 bits per heavy atom. The molecule has 3 aromatic rings. The Kier molecular flexibility index (Phi) is 5.47. The van der Waals surface area contributed by atoms with Crippen molar-refractivity contribution in [1.82, 2.24) is 19.7 Å². The van der Waals surface area contributed by atoms with Crippen molar-refractivity contribution in [3.8, 4) is 0 Å². The van der Waals surface area contributed by atoms with Gasteiger partial charge in [0, 0.05) is 50.7 Å². The number of sulfonamides is 1. The van der Waals surface area contributed by atoms with Crippen molar-refractivity contribution in [2.45, 2.75) is 5.75 Å². The number of anilines is 2. The molecule has 2 saturated heterocycles. The summed E-state index contributed by atoms with van der Waals surface area (Å²) in [4.78, 5) is 4.30. The highest BCUT2D eigenvalue weighted by molar-refractivity contribution is 7.88. The fourth-order valence-corrected chi connectivity index (χ4v) is 5.45. The summed E-state index contributed by atoms with van der Waals surface area (Å²) < 4.78 is 38.1. The van der Waals surface area contributed by atoms with E-state index in [0.29, 0.717) is 50.7 Å². The fourth-order valence-electron chi connectivity index (χ4n) is 4.00. The van der Waals surface area contributed by atoms with Crippen molar-refractivity contribution < 1.29 is 17.7 Å². The predicted molar refractivity (Wildman–Crippen MR) is 115 cm³/mol. The number of hydrogen-bond acceptors (Lipinski definition) is 9. The zero-order chi connectivity index (χ0) is 21.3. The normalized spacial score (nSPS) is 18.6. The standard InChI is InChI=1S/C20H24N6O4S/c27-31(28,15-18-17-3-1-2-4-19(17)30-23-18)26-7-5-25(6-8-26)20-13-16(14-21-22-20)24-9-11-29-12-10-24/h1-4,13-14H,5-12,15H2. The Morgan fingerprint density at radius 2 is 1.74 bits per heavy atom. The molecule has 4 heterocycles. The van der Waals surface area contributed by atoms with Crippen LogP contribution >= 0.6 is 0 Å². The maximum atomic E-state index is 13.0. The molecule has 164 valence electrons. The summed E-state index contributed by atoms with van der Waals surface area (Å²) in [5.74, 6) is 0.597. The Hall–Kier alpha value is -2.76. The summed E-state index contributed by atoms with van der Waals surface area (Å²) in [6, 6.07) is 9.31. The van der Waals surface area contributed by atoms with Crippen LogP contribution < -0.4 is 9.80 Å². The van der Waals surface area contributed by atoms with Crippen LogP contribution in [0.5, 0.6) is 0 Å². The summed E-state index contributed by atoms with van der Waals surface area (Å²) in [5, 5.41) is 13.1. The van der Waals surface area contributed by atoms with Gasteiger partial charge in [0.05, 0.1) is 25.1 Å². The summed E-state index contributed by atoms with van der Waals surface area (Å²) in [6.45, 7) is 4.95. The molecule has 1 aromatic carbocycles. The van der Waals surface area contributed by atoms with E-state index in [1.54, 1.807) is 12.3 Å². The van der Waals surface area contributed by atoms with E-state index in [-0.39, 0.29) is 5.75 Å². The van der Waals surface area contributed by atoms with Gasteiger partial charge in [-0.15, -0.1) is 5.10 Å². The molecule has 0 radical (unpaired) electrons. The highest BCUT2D eigenvalue weighted by atomic mass is 32.2. The number of ether oxygens (including phenoxy) is 1. The molecule has 0 bridgehead atoms. The zero-order valence-corrected chi connectivity index (χ0v) is 17.9. The molecule has 0 spiro atoms. The second kappa shape index (κ2) is 8.40. The van der Waals surface area contributed by atoms with Crippen LogP contribution in [-0.2, 0) is 20.5 Å². The molecule has 0 N–H and O–H groups in total. The molecule has 0 unspecified atom stereocenters. The Labute approximate surface area is 180 Å². The van der Waals surface area contributed by atoms with Crippen LogP contribution in [0.25, 0.3) is 11.0 Å². The summed E-state index contributed by atoms with van der Waals surface area (Å²) >= 11 is 0. The lowest BCUT2D eigenvalue weighted by molar-refractivity contribution is 0.122. The van der Waals surface area contributed by atoms with Crippen molar-refractivity contribution in [1.29, 1.82) is 0 Å². The largest absolute Gasteiger partial charge is 0.378 e. The van der Waals surface area contributed by atoms with Gasteiger partial charge in [0.25, 0.3) is 0 Å². The van der Waals surface area contributed by atoms with Gasteiger partial charge in [-0.1, -0.05) is 17.3 Å². The molecule has 11 heteroatoms. The van der Waals surface area contributed by atoms with Crippen LogP contribution in [0.4, 0.5) is 11.5 Å². The van der Waals surface area contributed by atoms with Crippen LogP contribution in [0.1, 0.15) is 5.69 Å². The molecular weight excluding hydrogens is 420 g/mol. The second-order valence-electron chi connectivity index (χ2n) is 7.64. The van der Waals surface area contributed by atoms with E-state index in [0.717, 1.165) is 30.0 Å². The molecule has 31 heavy (non-hydrogen) atoms. The zero-order valence-electron chi connectivity index (χ0n) is 17.1. The number of hydrogen-bond donors (Lipinski definition) is 0. The van der Waals surface area contributed by atoms with Crippen LogP contribution in [0.15, 0.2) is 41.1 Å². The van der Waals surface area contributed by atoms with E-state index in [2.05, 4.69) is 25.2 Å². The number of para-hydroxylation sites is 1. The van der Waals surface area contributed by atoms with Crippen LogP contribution in [0.3, 0.4) is 0 Å². The van der Waals surface area contributed by atoms with E-state index in [1.807, 2.05) is 24.3 Å². The Bertz CT molecular complexity index is 1150. The molecule has 0 amide bonds. The average Bonchev–Trinajstić information content (AvgIpc) is 3.22. The summed E-state index contributed by atoms with van der Waals surface area (Å²) in [7, 11) is -3.50. The molecule has 0 atom stereocenters. The number of aromatic nitrogens is 3. The van der Waals surface area contributed by atoms with Gasteiger partial charge in [-0.2, -0.15) is 9.40 Å². The molecule has 5 rings (SSSR count). The summed E-state index contributed by atoms with van der Waals surface area (Å²) in [6.07, 6.45) is 1.76. The SMILES string of the molecule is O=S(=O)(Cc1noc2ccccc12)N1CCN(c2cc(N3CCOCC3)cnn2)CC1. The van der Waals surface area contributed by atoms with E-state index >= 15 is 0 Å². The van der Waals surface area contributed by atoms with E-state index in [9.17, 15) is 8.42 Å². The molecule has 0 saturated carbocycles. The number of benzene rings is 1. The monoisotopic (exact) mass is 444 g/mol. The third-order valence-electron chi connectivity index (χ3n) is 5.73. The van der Waals surface area contributed by atoms with Crippen molar-refractivity contribution in [2.24, 2.45) is 0 Å². The lowest BCUT2D eigenvalue weighted by Crippen LogP contribution is -2.49. The van der Waals surface area contributed by atoms with Gasteiger partial charge >= 0.3 is 0 Å². The van der Waals surface area contributed by atoms with Crippen LogP contribution in [-0.4, -0.2) is 80.6 Å². The minimum atomic E-state index is -3.50. The molecular formula is C20H24N6O4S. The summed E-state index contributed by atoms with van der Waals surface area (Å²) in [5.41, 5.74) is 2.06. The second-order valence-corrected chi connectivity index (χ2v) is 9.61. The quantitative estimate of drug-likeness (QED) is 0.572. The van der Waals surface area contributed by atoms with Gasteiger partial charge < -0.3 is 19.1 Å². The lowest BCUT2D eigenvalue weighted by atomic mass is 10.2. The van der Waals surface area contributed by atoms with Crippen molar-refractivity contribution in [3.05, 3.63) is 42.2 Å². The minimum absolute atomic E-state index is 0.170. The number of fused-ring (bicyclic) bond motifs is 1. The highest BCUT2D eigenvalue weighted by Crippen LogP contribution is 2.24. The predicted octanol–water partition coefficient (Wildman–Crippen LogP) is 1.11. The van der Waals surface area contributed by atoms with Gasteiger partial charge in [-0.3, -0.25) is 0 Å². The molecule has 2 aromatic heterocycles. The molecule has 10 nitrogen and oxygen atoms in total. The number of rotatable bonds is 5. The fraction of sp³-hybridized carbons (Fsp3) is 0.450. The first-order valence-electron chi connectivity index (χ1n) is 10.3. The third kappa shape index (κ3) is 4.21. The maximum Gasteiger partial charge on any atom is 0.220 e. The smallest absolute Gasteiger partial charge is 0.220 e. The molecule has 0 aliphatic carbocycles. The average molecular weight is 445 g/mol. The Morgan fingerprint density at radius 3 is 2.55 bits per heavy atom. The lowest BCUT2D eigenvalue weighted by Gasteiger charge is -2.35. The number of nitrogens with zero attached hydrogens (tertiary/aromatic N) is 6.